The lowest BCUT2D eigenvalue weighted by molar-refractivity contribution is 0.665. The molecule has 0 bridgehead atoms. The quantitative estimate of drug-likeness (QED) is 0.168. The Bertz CT molecular complexity index is 3700. The van der Waals surface area contributed by atoms with Gasteiger partial charge >= 0.3 is 0 Å². The lowest BCUT2D eigenvalue weighted by Crippen LogP contribution is -2.11. The van der Waals surface area contributed by atoms with Crippen LogP contribution in [0.5, 0.6) is 0 Å². The lowest BCUT2D eigenvalue weighted by atomic mass is 10.00. The Morgan fingerprint density at radius 3 is 1.38 bits per heavy atom. The van der Waals surface area contributed by atoms with Crippen molar-refractivity contribution in [2.24, 2.45) is 0 Å². The van der Waals surface area contributed by atoms with Gasteiger partial charge < -0.3 is 23.1 Å². The van der Waals surface area contributed by atoms with Crippen LogP contribution < -0.4 is 9.80 Å². The first-order chi connectivity index (χ1) is 29.9. The Morgan fingerprint density at radius 2 is 0.787 bits per heavy atom. The van der Waals surface area contributed by atoms with Crippen molar-refractivity contribution in [3.8, 4) is 0 Å². The summed E-state index contributed by atoms with van der Waals surface area (Å²) >= 11 is 0. The van der Waals surface area contributed by atoms with E-state index in [4.69, 9.17) is 13.3 Å². The molecule has 3 aromatic heterocycles. The van der Waals surface area contributed by atoms with E-state index < -0.39 is 0 Å². The van der Waals surface area contributed by atoms with Crippen LogP contribution in [0.15, 0.2) is 183 Å². The topological polar surface area (TPSA) is 45.9 Å². The molecule has 0 aliphatic heterocycles. The van der Waals surface area contributed by atoms with E-state index in [-0.39, 0.29) is 0 Å². The minimum atomic E-state index is 0.802. The predicted octanol–water partition coefficient (Wildman–Crippen LogP) is 16.7. The van der Waals surface area contributed by atoms with Crippen molar-refractivity contribution >= 4 is 111 Å². The number of para-hydroxylation sites is 4. The monoisotopic (exact) mass is 788 g/mol. The van der Waals surface area contributed by atoms with Crippen LogP contribution in [0.25, 0.3) is 76.6 Å². The molecular weight excluding hydrogens is 749 g/mol. The van der Waals surface area contributed by atoms with E-state index in [9.17, 15) is 0 Å². The predicted molar refractivity (Wildman–Crippen MR) is 254 cm³/mol. The molecule has 61 heavy (non-hydrogen) atoms. The molecule has 0 amide bonds. The lowest BCUT2D eigenvalue weighted by Gasteiger charge is -2.27. The third kappa shape index (κ3) is 5.40. The number of anilines is 6. The second-order valence-electron chi connectivity index (χ2n) is 16.4. The molecule has 5 heteroatoms. The summed E-state index contributed by atoms with van der Waals surface area (Å²) in [5.41, 5.74) is 15.7. The third-order valence-electron chi connectivity index (χ3n) is 12.4. The molecule has 0 aliphatic carbocycles. The van der Waals surface area contributed by atoms with Crippen molar-refractivity contribution in [1.29, 1.82) is 0 Å². The van der Waals surface area contributed by atoms with E-state index in [1.54, 1.807) is 0 Å². The summed E-state index contributed by atoms with van der Waals surface area (Å²) in [7, 11) is 0. The van der Waals surface area contributed by atoms with Gasteiger partial charge in [0.2, 0.25) is 0 Å². The fraction of sp³-hybridized carbons (Fsp3) is 0.0714. The van der Waals surface area contributed by atoms with Crippen molar-refractivity contribution < 1.29 is 13.3 Å². The average Bonchev–Trinajstić information content (AvgIpc) is 3.98. The third-order valence-corrected chi connectivity index (χ3v) is 12.4. The second-order valence-corrected chi connectivity index (χ2v) is 16.4. The molecule has 3 heterocycles. The minimum absolute atomic E-state index is 0.802. The van der Waals surface area contributed by atoms with Crippen LogP contribution in [0, 0.1) is 27.7 Å². The molecular formula is C56H40N2O3. The second kappa shape index (κ2) is 13.4. The summed E-state index contributed by atoms with van der Waals surface area (Å²) in [4.78, 5) is 4.61. The Hall–Kier alpha value is -7.76. The highest BCUT2D eigenvalue weighted by atomic mass is 16.3. The Morgan fingerprint density at radius 1 is 0.311 bits per heavy atom. The maximum atomic E-state index is 7.03. The maximum absolute atomic E-state index is 7.03. The molecule has 0 spiro atoms. The van der Waals surface area contributed by atoms with Crippen molar-refractivity contribution in [2.45, 2.75) is 27.7 Å². The normalized spacial score (nSPS) is 11.9. The Balaban J connectivity index is 1.09. The van der Waals surface area contributed by atoms with Gasteiger partial charge in [0, 0.05) is 61.2 Å². The number of benzene rings is 9. The van der Waals surface area contributed by atoms with Crippen LogP contribution in [0.2, 0.25) is 0 Å². The number of aryl methyl sites for hydroxylation is 4. The number of fused-ring (bicyclic) bond motifs is 11. The van der Waals surface area contributed by atoms with Crippen LogP contribution >= 0.6 is 0 Å². The molecule has 12 aromatic rings. The summed E-state index contributed by atoms with van der Waals surface area (Å²) in [6.07, 6.45) is 0. The number of furan rings is 3. The average molecular weight is 789 g/mol. The van der Waals surface area contributed by atoms with Crippen LogP contribution in [0.3, 0.4) is 0 Å². The highest BCUT2D eigenvalue weighted by molar-refractivity contribution is 6.23. The van der Waals surface area contributed by atoms with Crippen LogP contribution in [-0.2, 0) is 0 Å². The molecule has 0 unspecified atom stereocenters. The SMILES string of the molecule is Cc1ccc(N(c2ccc3c(c2)oc2cc(N(c4ccc(C)cc4)c4cccc5c4oc4c(C)cccc45)c4ccccc4c23)c2cccc3c2oc2c(C)cccc23)cc1. The van der Waals surface area contributed by atoms with E-state index in [0.717, 1.165) is 122 Å². The fourth-order valence-corrected chi connectivity index (χ4v) is 9.40. The van der Waals surface area contributed by atoms with E-state index in [2.05, 4.69) is 207 Å². The summed E-state index contributed by atoms with van der Waals surface area (Å²) in [6.45, 7) is 8.45. The van der Waals surface area contributed by atoms with Gasteiger partial charge in [-0.3, -0.25) is 0 Å². The molecule has 9 aromatic carbocycles. The smallest absolute Gasteiger partial charge is 0.159 e. The zero-order valence-corrected chi connectivity index (χ0v) is 34.3. The van der Waals surface area contributed by atoms with Gasteiger partial charge in [-0.15, -0.1) is 0 Å². The number of rotatable bonds is 6. The Labute approximate surface area is 352 Å². The fourth-order valence-electron chi connectivity index (χ4n) is 9.40. The highest BCUT2D eigenvalue weighted by Crippen LogP contribution is 2.49. The maximum Gasteiger partial charge on any atom is 0.159 e. The van der Waals surface area contributed by atoms with Crippen LogP contribution in [0.1, 0.15) is 22.3 Å². The van der Waals surface area contributed by atoms with Crippen LogP contribution in [-0.4, -0.2) is 0 Å². The standard InChI is InChI=1S/C56H40N2O3/c1-33-21-25-37(26-22-33)57(47-19-9-17-44-42-15-7-11-35(3)53(42)60-55(44)47)39-29-30-46-50(31-39)59-51-32-49(40-13-5-6-14-41(40)52(46)51)58(38-27-23-34(2)24-28-38)48-20-10-18-45-43-16-8-12-36(4)54(43)61-56(45)48/h5-32H,1-4H3. The van der Waals surface area contributed by atoms with E-state index >= 15 is 0 Å². The van der Waals surface area contributed by atoms with E-state index in [0.29, 0.717) is 0 Å². The van der Waals surface area contributed by atoms with Gasteiger partial charge in [0.1, 0.15) is 22.3 Å². The largest absolute Gasteiger partial charge is 0.456 e. The van der Waals surface area contributed by atoms with Crippen LogP contribution in [0.4, 0.5) is 34.1 Å². The molecule has 5 nitrogen and oxygen atoms in total. The van der Waals surface area contributed by atoms with Gasteiger partial charge in [-0.2, -0.15) is 0 Å². The van der Waals surface area contributed by atoms with Gasteiger partial charge in [-0.05, 0) is 92.7 Å². The van der Waals surface area contributed by atoms with Gasteiger partial charge in [0.15, 0.2) is 11.2 Å². The van der Waals surface area contributed by atoms with Crippen molar-refractivity contribution in [2.75, 3.05) is 9.80 Å². The molecule has 0 N–H and O–H groups in total. The minimum Gasteiger partial charge on any atom is -0.456 e. The van der Waals surface area contributed by atoms with Crippen molar-refractivity contribution in [3.05, 3.63) is 192 Å². The molecule has 0 atom stereocenters. The molecule has 12 rings (SSSR count). The molecule has 0 saturated carbocycles. The van der Waals surface area contributed by atoms with Crippen molar-refractivity contribution in [1.82, 2.24) is 0 Å². The molecule has 0 aliphatic rings. The number of hydrogen-bond acceptors (Lipinski definition) is 5. The summed E-state index contributed by atoms with van der Waals surface area (Å²) in [6, 6.07) is 60.4. The van der Waals surface area contributed by atoms with E-state index in [1.807, 2.05) is 0 Å². The summed E-state index contributed by atoms with van der Waals surface area (Å²) in [5, 5.41) is 8.76. The Kier molecular flexibility index (Phi) is 7.72. The summed E-state index contributed by atoms with van der Waals surface area (Å²) < 4.78 is 20.6. The van der Waals surface area contributed by atoms with Gasteiger partial charge in [-0.25, -0.2) is 0 Å². The molecule has 0 fully saturated rings. The number of hydrogen-bond donors (Lipinski definition) is 0. The first kappa shape index (κ1) is 35.2. The van der Waals surface area contributed by atoms with E-state index in [1.165, 1.54) is 11.1 Å². The molecule has 0 saturated heterocycles. The van der Waals surface area contributed by atoms with Gasteiger partial charge in [0.25, 0.3) is 0 Å². The molecule has 292 valence electrons. The first-order valence-corrected chi connectivity index (χ1v) is 20.8. The van der Waals surface area contributed by atoms with Crippen molar-refractivity contribution in [3.63, 3.8) is 0 Å². The summed E-state index contributed by atoms with van der Waals surface area (Å²) in [5.74, 6) is 0. The van der Waals surface area contributed by atoms with Gasteiger partial charge in [0.05, 0.1) is 22.7 Å². The van der Waals surface area contributed by atoms with Gasteiger partial charge in [-0.1, -0.05) is 120 Å². The zero-order chi connectivity index (χ0) is 40.9. The highest BCUT2D eigenvalue weighted by Gasteiger charge is 2.25. The zero-order valence-electron chi connectivity index (χ0n) is 34.3. The first-order valence-electron chi connectivity index (χ1n) is 20.8. The number of nitrogens with zero attached hydrogens (tertiary/aromatic N) is 2. The molecule has 0 radical (unpaired) electrons.